The summed E-state index contributed by atoms with van der Waals surface area (Å²) in [5.41, 5.74) is 0. The normalized spacial score (nSPS) is 41.8. The Morgan fingerprint density at radius 3 is 2.50 bits per heavy atom. The van der Waals surface area contributed by atoms with Crippen molar-refractivity contribution in [3.05, 3.63) is 12.7 Å². The van der Waals surface area contributed by atoms with Gasteiger partial charge in [0, 0.05) is 6.04 Å². The minimum absolute atomic E-state index is 0.903. The second kappa shape index (κ2) is 2.39. The van der Waals surface area contributed by atoms with Gasteiger partial charge in [0.05, 0.1) is 0 Å². The zero-order valence-corrected chi connectivity index (χ0v) is 6.34. The van der Waals surface area contributed by atoms with Crippen LogP contribution in [0.3, 0.4) is 0 Å². The molecule has 3 aliphatic carbocycles. The topological polar surface area (TPSA) is 12.0 Å². The van der Waals surface area contributed by atoms with Crippen LogP contribution in [0.2, 0.25) is 0 Å². The Hall–Kier alpha value is -0.300. The zero-order chi connectivity index (χ0) is 6.97. The molecule has 10 heavy (non-hydrogen) atoms. The Balaban J connectivity index is 1.59. The highest BCUT2D eigenvalue weighted by Crippen LogP contribution is 2.53. The van der Waals surface area contributed by atoms with E-state index in [0.717, 1.165) is 30.8 Å². The first-order valence-corrected chi connectivity index (χ1v) is 4.26. The van der Waals surface area contributed by atoms with Gasteiger partial charge >= 0.3 is 0 Å². The molecule has 56 valence electrons. The maximum Gasteiger partial charge on any atom is 0.0124 e. The maximum absolute atomic E-state index is 3.69. The van der Waals surface area contributed by atoms with E-state index in [0.29, 0.717) is 0 Å². The first-order valence-electron chi connectivity index (χ1n) is 4.26. The van der Waals surface area contributed by atoms with Gasteiger partial charge in [-0.15, -0.1) is 6.58 Å². The van der Waals surface area contributed by atoms with Crippen molar-refractivity contribution in [2.45, 2.75) is 25.3 Å². The van der Waals surface area contributed by atoms with Crippen molar-refractivity contribution in [2.75, 3.05) is 6.54 Å². The summed E-state index contributed by atoms with van der Waals surface area (Å²) in [6.45, 7) is 4.83. The van der Waals surface area contributed by atoms with Crippen LogP contribution in [-0.2, 0) is 0 Å². The summed E-state index contributed by atoms with van der Waals surface area (Å²) in [6.07, 6.45) is 6.12. The number of rotatable bonds is 4. The second-order valence-corrected chi connectivity index (χ2v) is 3.55. The van der Waals surface area contributed by atoms with Crippen LogP contribution in [-0.4, -0.2) is 12.6 Å². The summed E-state index contributed by atoms with van der Waals surface area (Å²) in [7, 11) is 0. The Bertz CT molecular complexity index is 128. The van der Waals surface area contributed by atoms with Crippen molar-refractivity contribution in [2.24, 2.45) is 11.8 Å². The quantitative estimate of drug-likeness (QED) is 0.458. The monoisotopic (exact) mass is 137 g/mol. The number of hydrogen-bond acceptors (Lipinski definition) is 1. The Kier molecular flexibility index (Phi) is 1.53. The van der Waals surface area contributed by atoms with Gasteiger partial charge in [-0.2, -0.15) is 0 Å². The molecule has 0 saturated heterocycles. The van der Waals surface area contributed by atoms with E-state index in [1.807, 2.05) is 6.08 Å². The van der Waals surface area contributed by atoms with Crippen molar-refractivity contribution in [3.8, 4) is 0 Å². The van der Waals surface area contributed by atoms with Gasteiger partial charge in [0.15, 0.2) is 0 Å². The molecule has 1 heteroatoms. The molecule has 0 spiro atoms. The molecule has 2 bridgehead atoms. The lowest BCUT2D eigenvalue weighted by molar-refractivity contribution is -0.0404. The fourth-order valence-electron chi connectivity index (χ4n) is 1.97. The van der Waals surface area contributed by atoms with Crippen molar-refractivity contribution in [3.63, 3.8) is 0 Å². The highest BCUT2D eigenvalue weighted by Gasteiger charge is 2.51. The van der Waals surface area contributed by atoms with E-state index in [2.05, 4.69) is 11.9 Å². The smallest absolute Gasteiger partial charge is 0.0124 e. The molecule has 0 aromatic heterocycles. The summed E-state index contributed by atoms with van der Waals surface area (Å²) < 4.78 is 0. The first kappa shape index (κ1) is 6.41. The molecule has 0 unspecified atom stereocenters. The van der Waals surface area contributed by atoms with Gasteiger partial charge in [-0.3, -0.25) is 0 Å². The predicted molar refractivity (Wildman–Crippen MR) is 42.8 cm³/mol. The van der Waals surface area contributed by atoms with Crippen LogP contribution in [0.25, 0.3) is 0 Å². The molecule has 0 heterocycles. The lowest BCUT2D eigenvalue weighted by Gasteiger charge is -2.58. The van der Waals surface area contributed by atoms with E-state index in [9.17, 15) is 0 Å². The first-order chi connectivity index (χ1) is 4.92. The average molecular weight is 137 g/mol. The van der Waals surface area contributed by atoms with E-state index in [1.165, 1.54) is 12.8 Å². The lowest BCUT2D eigenvalue weighted by Crippen LogP contribution is -2.62. The molecular formula is C9H15N. The largest absolute Gasteiger partial charge is 0.313 e. The molecule has 0 atom stereocenters. The van der Waals surface area contributed by atoms with Gasteiger partial charge in [-0.05, 0) is 37.6 Å². The van der Waals surface area contributed by atoms with Crippen LogP contribution < -0.4 is 5.32 Å². The Morgan fingerprint density at radius 1 is 1.40 bits per heavy atom. The van der Waals surface area contributed by atoms with Gasteiger partial charge in [0.25, 0.3) is 0 Å². The van der Waals surface area contributed by atoms with Crippen molar-refractivity contribution < 1.29 is 0 Å². The molecular weight excluding hydrogens is 122 g/mol. The standard InChI is InChI=1S/C9H15N/c1-2-3-4-10-9-7-5-8(9)6-7/h2,7-10H,1,3-6H2. The molecule has 3 rings (SSSR count). The summed E-state index contributed by atoms with van der Waals surface area (Å²) in [4.78, 5) is 0. The van der Waals surface area contributed by atoms with E-state index >= 15 is 0 Å². The highest BCUT2D eigenvalue weighted by molar-refractivity contribution is 5.06. The summed E-state index contributed by atoms with van der Waals surface area (Å²) in [5, 5.41) is 3.55. The summed E-state index contributed by atoms with van der Waals surface area (Å²) >= 11 is 0. The fraction of sp³-hybridized carbons (Fsp3) is 0.778. The van der Waals surface area contributed by atoms with Crippen LogP contribution in [0.4, 0.5) is 0 Å². The molecule has 3 saturated carbocycles. The van der Waals surface area contributed by atoms with E-state index < -0.39 is 0 Å². The Morgan fingerprint density at radius 2 is 2.10 bits per heavy atom. The molecule has 1 N–H and O–H groups in total. The molecule has 3 aliphatic rings. The Labute approximate surface area is 62.5 Å². The zero-order valence-electron chi connectivity index (χ0n) is 6.34. The molecule has 0 aromatic rings. The second-order valence-electron chi connectivity index (χ2n) is 3.55. The van der Waals surface area contributed by atoms with Gasteiger partial charge in [-0.25, -0.2) is 0 Å². The van der Waals surface area contributed by atoms with E-state index in [-0.39, 0.29) is 0 Å². The van der Waals surface area contributed by atoms with Gasteiger partial charge in [0.2, 0.25) is 0 Å². The molecule has 0 amide bonds. The van der Waals surface area contributed by atoms with Crippen LogP contribution >= 0.6 is 0 Å². The third-order valence-corrected chi connectivity index (χ3v) is 2.96. The molecule has 3 fully saturated rings. The highest BCUT2D eigenvalue weighted by atomic mass is 15.0. The average Bonchev–Trinajstić information content (AvgIpc) is 1.74. The van der Waals surface area contributed by atoms with E-state index in [1.54, 1.807) is 0 Å². The number of hydrogen-bond donors (Lipinski definition) is 1. The van der Waals surface area contributed by atoms with Crippen LogP contribution in [0, 0.1) is 11.8 Å². The van der Waals surface area contributed by atoms with Crippen LogP contribution in [0.1, 0.15) is 19.3 Å². The van der Waals surface area contributed by atoms with Gasteiger partial charge in [0.1, 0.15) is 0 Å². The molecule has 0 aliphatic heterocycles. The van der Waals surface area contributed by atoms with Crippen molar-refractivity contribution in [1.82, 2.24) is 5.32 Å². The van der Waals surface area contributed by atoms with Crippen LogP contribution in [0.5, 0.6) is 0 Å². The minimum Gasteiger partial charge on any atom is -0.313 e. The third kappa shape index (κ3) is 0.807. The van der Waals surface area contributed by atoms with Crippen molar-refractivity contribution >= 4 is 0 Å². The number of nitrogens with one attached hydrogen (secondary N) is 1. The molecule has 0 radical (unpaired) electrons. The van der Waals surface area contributed by atoms with Gasteiger partial charge < -0.3 is 5.32 Å². The van der Waals surface area contributed by atoms with Gasteiger partial charge in [-0.1, -0.05) is 6.08 Å². The fourth-order valence-corrected chi connectivity index (χ4v) is 1.97. The molecule has 1 nitrogen and oxygen atoms in total. The van der Waals surface area contributed by atoms with Crippen molar-refractivity contribution in [1.29, 1.82) is 0 Å². The SMILES string of the molecule is C=CCCNC1C2CC1C2. The lowest BCUT2D eigenvalue weighted by atomic mass is 9.52. The predicted octanol–water partition coefficient (Wildman–Crippen LogP) is 1.56. The third-order valence-electron chi connectivity index (χ3n) is 2.96. The van der Waals surface area contributed by atoms with Crippen LogP contribution in [0.15, 0.2) is 12.7 Å². The minimum atomic E-state index is 0.903. The maximum atomic E-state index is 3.69. The summed E-state index contributed by atoms with van der Waals surface area (Å²) in [5.74, 6) is 2.10. The molecule has 0 aromatic carbocycles. The summed E-state index contributed by atoms with van der Waals surface area (Å²) in [6, 6.07) is 0.903. The van der Waals surface area contributed by atoms with E-state index in [4.69, 9.17) is 0 Å².